The van der Waals surface area contributed by atoms with Gasteiger partial charge in [-0.3, -0.25) is 9.59 Å². The van der Waals surface area contributed by atoms with Crippen LogP contribution < -0.4 is 15.5 Å². The Labute approximate surface area is 199 Å². The SMILES string of the molecule is Cc1cc(C)nc(NS(=O)(=O)c2ccc(NC(=O)c3nn(-c4ccc(F)cc4)ccc3=O)cc2)n1. The van der Waals surface area contributed by atoms with Crippen molar-refractivity contribution in [3.05, 3.63) is 100.0 Å². The molecule has 0 bridgehead atoms. The van der Waals surface area contributed by atoms with E-state index in [4.69, 9.17) is 0 Å². The van der Waals surface area contributed by atoms with Gasteiger partial charge in [0.1, 0.15) is 5.82 Å². The first kappa shape index (κ1) is 23.7. The molecule has 0 aliphatic carbocycles. The topological polar surface area (TPSA) is 136 Å². The van der Waals surface area contributed by atoms with Crippen LogP contribution in [0.1, 0.15) is 21.9 Å². The summed E-state index contributed by atoms with van der Waals surface area (Å²) in [7, 11) is -3.97. The largest absolute Gasteiger partial charge is 0.320 e. The monoisotopic (exact) mass is 494 g/mol. The van der Waals surface area contributed by atoms with Gasteiger partial charge >= 0.3 is 0 Å². The standard InChI is InChI=1S/C23H19FN6O4S/c1-14-13-15(2)26-23(25-14)29-35(33,34)19-9-5-17(6-10-19)27-22(32)21-20(31)11-12-30(28-21)18-7-3-16(24)4-8-18/h3-13H,1-2H3,(H,27,32)(H,25,26,29). The van der Waals surface area contributed by atoms with E-state index in [9.17, 15) is 22.4 Å². The van der Waals surface area contributed by atoms with Gasteiger partial charge < -0.3 is 5.32 Å². The van der Waals surface area contributed by atoms with E-state index in [0.717, 1.165) is 0 Å². The summed E-state index contributed by atoms with van der Waals surface area (Å²) in [6, 6.07) is 13.6. The predicted molar refractivity (Wildman–Crippen MR) is 127 cm³/mol. The van der Waals surface area contributed by atoms with Crippen LogP contribution in [0.3, 0.4) is 0 Å². The minimum Gasteiger partial charge on any atom is -0.320 e. The summed E-state index contributed by atoms with van der Waals surface area (Å²) in [6.45, 7) is 3.44. The maximum absolute atomic E-state index is 13.2. The number of halogens is 1. The zero-order valence-corrected chi connectivity index (χ0v) is 19.4. The van der Waals surface area contributed by atoms with Gasteiger partial charge in [-0.1, -0.05) is 0 Å². The molecule has 4 rings (SSSR count). The predicted octanol–water partition coefficient (Wildman–Crippen LogP) is 2.83. The molecule has 4 aromatic rings. The Balaban J connectivity index is 1.51. The van der Waals surface area contributed by atoms with Crippen molar-refractivity contribution in [3.8, 4) is 5.69 Å². The van der Waals surface area contributed by atoms with Crippen molar-refractivity contribution in [1.82, 2.24) is 19.7 Å². The molecule has 0 saturated heterocycles. The second-order valence-electron chi connectivity index (χ2n) is 7.51. The number of nitrogens with zero attached hydrogens (tertiary/aromatic N) is 4. The van der Waals surface area contributed by atoms with Crippen molar-refractivity contribution in [2.45, 2.75) is 18.7 Å². The first-order chi connectivity index (χ1) is 16.6. The van der Waals surface area contributed by atoms with Crippen LogP contribution in [-0.2, 0) is 10.0 Å². The molecule has 1 amide bonds. The molecule has 0 unspecified atom stereocenters. The summed E-state index contributed by atoms with van der Waals surface area (Å²) in [4.78, 5) is 32.9. The van der Waals surface area contributed by atoms with E-state index in [1.54, 1.807) is 19.9 Å². The maximum atomic E-state index is 13.2. The molecule has 0 aliphatic heterocycles. The van der Waals surface area contributed by atoms with Crippen LogP contribution >= 0.6 is 0 Å². The lowest BCUT2D eigenvalue weighted by Gasteiger charge is -2.10. The van der Waals surface area contributed by atoms with Crippen molar-refractivity contribution in [2.24, 2.45) is 0 Å². The quantitative estimate of drug-likeness (QED) is 0.421. The van der Waals surface area contributed by atoms with Gasteiger partial charge in [0.25, 0.3) is 15.9 Å². The number of rotatable bonds is 6. The molecule has 0 fully saturated rings. The van der Waals surface area contributed by atoms with E-state index in [1.807, 2.05) is 0 Å². The van der Waals surface area contributed by atoms with Crippen LogP contribution in [0, 0.1) is 19.7 Å². The number of anilines is 2. The summed E-state index contributed by atoms with van der Waals surface area (Å²) in [5, 5.41) is 6.55. The second kappa shape index (κ2) is 9.43. The summed E-state index contributed by atoms with van der Waals surface area (Å²) >= 11 is 0. The molecule has 0 saturated carbocycles. The van der Waals surface area contributed by atoms with Crippen LogP contribution in [0.4, 0.5) is 16.0 Å². The van der Waals surface area contributed by atoms with Gasteiger partial charge in [0, 0.05) is 29.3 Å². The van der Waals surface area contributed by atoms with Crippen molar-refractivity contribution in [1.29, 1.82) is 0 Å². The number of benzene rings is 2. The lowest BCUT2D eigenvalue weighted by Crippen LogP contribution is -2.25. The van der Waals surface area contributed by atoms with Crippen LogP contribution in [0.2, 0.25) is 0 Å². The molecule has 0 spiro atoms. The highest BCUT2D eigenvalue weighted by atomic mass is 32.2. The first-order valence-electron chi connectivity index (χ1n) is 10.2. The van der Waals surface area contributed by atoms with Gasteiger partial charge in [0.15, 0.2) is 5.69 Å². The lowest BCUT2D eigenvalue weighted by atomic mass is 10.3. The third kappa shape index (κ3) is 5.55. The average Bonchev–Trinajstić information content (AvgIpc) is 2.79. The third-order valence-corrected chi connectivity index (χ3v) is 6.09. The molecule has 2 aromatic carbocycles. The van der Waals surface area contributed by atoms with Crippen LogP contribution in [0.15, 0.2) is 76.6 Å². The Morgan fingerprint density at radius 1 is 0.943 bits per heavy atom. The molecule has 0 radical (unpaired) electrons. The third-order valence-electron chi connectivity index (χ3n) is 4.74. The number of carbonyl (C=O) groups is 1. The summed E-state index contributed by atoms with van der Waals surface area (Å²) < 4.78 is 42.1. The highest BCUT2D eigenvalue weighted by Crippen LogP contribution is 2.17. The molecular weight excluding hydrogens is 475 g/mol. The molecule has 10 nitrogen and oxygen atoms in total. The van der Waals surface area contributed by atoms with E-state index in [-0.39, 0.29) is 22.2 Å². The van der Waals surface area contributed by atoms with Crippen molar-refractivity contribution >= 4 is 27.6 Å². The Morgan fingerprint density at radius 2 is 1.57 bits per heavy atom. The number of nitrogens with one attached hydrogen (secondary N) is 2. The summed E-state index contributed by atoms with van der Waals surface area (Å²) in [5.74, 6) is -1.27. The number of sulfonamides is 1. The van der Waals surface area contributed by atoms with E-state index in [0.29, 0.717) is 17.1 Å². The van der Waals surface area contributed by atoms with Gasteiger partial charge in [0.2, 0.25) is 11.4 Å². The molecular formula is C23H19FN6O4S. The van der Waals surface area contributed by atoms with Crippen LogP contribution in [0.5, 0.6) is 0 Å². The fraction of sp³-hybridized carbons (Fsp3) is 0.0870. The van der Waals surface area contributed by atoms with E-state index < -0.39 is 27.2 Å². The fourth-order valence-electron chi connectivity index (χ4n) is 3.16. The Hall–Kier alpha value is -4.45. The Morgan fingerprint density at radius 3 is 2.20 bits per heavy atom. The highest BCUT2D eigenvalue weighted by molar-refractivity contribution is 7.92. The average molecular weight is 495 g/mol. The van der Waals surface area contributed by atoms with Crippen molar-refractivity contribution in [2.75, 3.05) is 10.0 Å². The smallest absolute Gasteiger partial charge is 0.280 e. The molecule has 12 heteroatoms. The highest BCUT2D eigenvalue weighted by Gasteiger charge is 2.18. The van der Waals surface area contributed by atoms with E-state index in [1.165, 1.54) is 65.5 Å². The van der Waals surface area contributed by atoms with Gasteiger partial charge in [-0.2, -0.15) is 5.10 Å². The number of amides is 1. The molecule has 2 aromatic heterocycles. The minimum absolute atomic E-state index is 0.0486. The van der Waals surface area contributed by atoms with Crippen molar-refractivity contribution in [3.63, 3.8) is 0 Å². The molecule has 35 heavy (non-hydrogen) atoms. The van der Waals surface area contributed by atoms with Gasteiger partial charge in [-0.05, 0) is 68.4 Å². The van der Waals surface area contributed by atoms with Crippen LogP contribution in [-0.4, -0.2) is 34.1 Å². The lowest BCUT2D eigenvalue weighted by molar-refractivity contribution is 0.101. The number of hydrogen-bond acceptors (Lipinski definition) is 7. The minimum atomic E-state index is -3.97. The Kier molecular flexibility index (Phi) is 6.38. The molecule has 0 atom stereocenters. The number of carbonyl (C=O) groups excluding carboxylic acids is 1. The van der Waals surface area contributed by atoms with Gasteiger partial charge in [0.05, 0.1) is 10.6 Å². The number of aromatic nitrogens is 4. The van der Waals surface area contributed by atoms with Gasteiger partial charge in [-0.25, -0.2) is 32.2 Å². The number of aryl methyl sites for hydroxylation is 2. The van der Waals surface area contributed by atoms with E-state index in [2.05, 4.69) is 25.1 Å². The zero-order valence-electron chi connectivity index (χ0n) is 18.6. The summed E-state index contributed by atoms with van der Waals surface area (Å²) in [5.41, 5.74) is 0.924. The molecule has 2 heterocycles. The first-order valence-corrected chi connectivity index (χ1v) is 11.7. The van der Waals surface area contributed by atoms with E-state index >= 15 is 0 Å². The van der Waals surface area contributed by atoms with Gasteiger partial charge in [-0.15, -0.1) is 0 Å². The Bertz CT molecular complexity index is 1550. The maximum Gasteiger partial charge on any atom is 0.280 e. The zero-order chi connectivity index (χ0) is 25.2. The molecule has 2 N–H and O–H groups in total. The number of hydrogen-bond donors (Lipinski definition) is 2. The summed E-state index contributed by atoms with van der Waals surface area (Å²) in [6.07, 6.45) is 1.36. The second-order valence-corrected chi connectivity index (χ2v) is 9.19. The van der Waals surface area contributed by atoms with Crippen LogP contribution in [0.25, 0.3) is 5.69 Å². The fourth-order valence-corrected chi connectivity index (χ4v) is 4.10. The molecule has 0 aliphatic rings. The molecule has 178 valence electrons. The van der Waals surface area contributed by atoms with Crippen molar-refractivity contribution < 1.29 is 17.6 Å². The normalized spacial score (nSPS) is 11.2.